The van der Waals surface area contributed by atoms with Crippen molar-refractivity contribution in [3.63, 3.8) is 0 Å². The molecular formula is C25H22N2O2S2. The van der Waals surface area contributed by atoms with Crippen molar-refractivity contribution in [2.24, 2.45) is 0 Å². The number of benzene rings is 3. The van der Waals surface area contributed by atoms with Gasteiger partial charge >= 0.3 is 0 Å². The van der Waals surface area contributed by atoms with Gasteiger partial charge in [-0.25, -0.2) is 0 Å². The van der Waals surface area contributed by atoms with Crippen molar-refractivity contribution in [2.45, 2.75) is 24.8 Å². The summed E-state index contributed by atoms with van der Waals surface area (Å²) >= 11 is 6.67. The number of hydrogen-bond donors (Lipinski definition) is 1. The summed E-state index contributed by atoms with van der Waals surface area (Å²) < 4.78 is 0.531. The predicted octanol–water partition coefficient (Wildman–Crippen LogP) is 4.79. The lowest BCUT2D eigenvalue weighted by atomic mass is 10.0. The fraction of sp³-hybridized carbons (Fsp3) is 0.160. The molecule has 0 aromatic heterocycles. The van der Waals surface area contributed by atoms with Crippen molar-refractivity contribution in [3.05, 3.63) is 96.1 Å². The molecule has 0 saturated carbocycles. The molecule has 2 amide bonds. The van der Waals surface area contributed by atoms with Crippen molar-refractivity contribution in [2.75, 3.05) is 0 Å². The highest BCUT2D eigenvalue weighted by molar-refractivity contribution is 8.24. The number of hydrogen-bond acceptors (Lipinski definition) is 4. The van der Waals surface area contributed by atoms with Crippen LogP contribution in [0.5, 0.6) is 0 Å². The third-order valence-electron chi connectivity index (χ3n) is 5.11. The van der Waals surface area contributed by atoms with Crippen LogP contribution in [0.2, 0.25) is 0 Å². The number of rotatable bonds is 7. The minimum atomic E-state index is -0.461. The molecule has 1 atom stereocenters. The van der Waals surface area contributed by atoms with Crippen LogP contribution in [0.1, 0.15) is 17.5 Å². The van der Waals surface area contributed by atoms with Gasteiger partial charge in [-0.3, -0.25) is 14.5 Å². The molecule has 0 aliphatic carbocycles. The minimum Gasteiger partial charge on any atom is -0.352 e. The second kappa shape index (κ2) is 9.90. The average molecular weight is 447 g/mol. The molecule has 1 heterocycles. The molecule has 0 spiro atoms. The van der Waals surface area contributed by atoms with Crippen molar-refractivity contribution in [3.8, 4) is 11.1 Å². The summed E-state index contributed by atoms with van der Waals surface area (Å²) in [6, 6.07) is 28.0. The molecule has 1 fully saturated rings. The monoisotopic (exact) mass is 446 g/mol. The third-order valence-corrected chi connectivity index (χ3v) is 6.69. The zero-order valence-corrected chi connectivity index (χ0v) is 18.5. The molecule has 4 rings (SSSR count). The summed E-state index contributed by atoms with van der Waals surface area (Å²) in [6.45, 7) is 0.870. The first kappa shape index (κ1) is 21.3. The van der Waals surface area contributed by atoms with Crippen LogP contribution in [0.3, 0.4) is 0 Å². The smallest absolute Gasteiger partial charge is 0.242 e. The summed E-state index contributed by atoms with van der Waals surface area (Å²) in [5.74, 6) is -0.247. The van der Waals surface area contributed by atoms with E-state index in [1.807, 2.05) is 72.8 Å². The van der Waals surface area contributed by atoms with E-state index in [2.05, 4.69) is 17.4 Å². The summed E-state index contributed by atoms with van der Waals surface area (Å²) in [7, 11) is 0. The highest BCUT2D eigenvalue weighted by Gasteiger charge is 2.37. The van der Waals surface area contributed by atoms with Gasteiger partial charge in [-0.2, -0.15) is 0 Å². The Balaban J connectivity index is 1.29. The van der Waals surface area contributed by atoms with E-state index in [0.717, 1.165) is 22.3 Å². The zero-order chi connectivity index (χ0) is 21.6. The Hall–Kier alpha value is -2.96. The van der Waals surface area contributed by atoms with Crippen LogP contribution >= 0.6 is 24.0 Å². The molecular weight excluding hydrogens is 424 g/mol. The first-order chi connectivity index (χ1) is 15.1. The zero-order valence-electron chi connectivity index (χ0n) is 16.9. The van der Waals surface area contributed by atoms with Gasteiger partial charge in [0.1, 0.15) is 4.32 Å². The molecule has 156 valence electrons. The second-order valence-corrected chi connectivity index (χ2v) is 9.16. The lowest BCUT2D eigenvalue weighted by Crippen LogP contribution is -2.33. The van der Waals surface area contributed by atoms with Gasteiger partial charge in [0.05, 0.1) is 11.8 Å². The fourth-order valence-electron chi connectivity index (χ4n) is 3.42. The van der Waals surface area contributed by atoms with Gasteiger partial charge in [0, 0.05) is 13.0 Å². The second-order valence-electron chi connectivity index (χ2n) is 7.33. The average Bonchev–Trinajstić information content (AvgIpc) is 3.06. The van der Waals surface area contributed by atoms with Gasteiger partial charge in [-0.15, -0.1) is 0 Å². The quantitative estimate of drug-likeness (QED) is 0.530. The number of nitrogens with zero attached hydrogens (tertiary/aromatic N) is 1. The van der Waals surface area contributed by atoms with E-state index in [-0.39, 0.29) is 18.2 Å². The highest BCUT2D eigenvalue weighted by Crippen LogP contribution is 2.31. The Morgan fingerprint density at radius 2 is 1.48 bits per heavy atom. The molecule has 31 heavy (non-hydrogen) atoms. The van der Waals surface area contributed by atoms with Gasteiger partial charge in [0.15, 0.2) is 0 Å². The Labute approximate surface area is 191 Å². The Bertz CT molecular complexity index is 1070. The van der Waals surface area contributed by atoms with Crippen LogP contribution in [-0.4, -0.2) is 26.3 Å². The number of thioether (sulfide) groups is 1. The molecule has 1 aliphatic rings. The molecule has 1 N–H and O–H groups in total. The van der Waals surface area contributed by atoms with Gasteiger partial charge < -0.3 is 5.32 Å². The maximum Gasteiger partial charge on any atom is 0.242 e. The van der Waals surface area contributed by atoms with E-state index in [4.69, 9.17) is 12.2 Å². The largest absolute Gasteiger partial charge is 0.352 e. The molecule has 1 saturated heterocycles. The number of thiocarbonyl (C=S) groups is 1. The van der Waals surface area contributed by atoms with E-state index in [0.29, 0.717) is 17.4 Å². The van der Waals surface area contributed by atoms with E-state index in [1.165, 1.54) is 11.8 Å². The topological polar surface area (TPSA) is 49.4 Å². The van der Waals surface area contributed by atoms with Gasteiger partial charge in [-0.05, 0) is 22.3 Å². The van der Waals surface area contributed by atoms with Crippen LogP contribution in [0.15, 0.2) is 84.9 Å². The van der Waals surface area contributed by atoms with Crippen LogP contribution in [-0.2, 0) is 22.7 Å². The molecule has 0 bridgehead atoms. The molecule has 4 nitrogen and oxygen atoms in total. The minimum absolute atomic E-state index is 0.0961. The van der Waals surface area contributed by atoms with Crippen LogP contribution in [0.4, 0.5) is 0 Å². The van der Waals surface area contributed by atoms with Gasteiger partial charge in [0.2, 0.25) is 11.8 Å². The van der Waals surface area contributed by atoms with Crippen molar-refractivity contribution < 1.29 is 9.59 Å². The Morgan fingerprint density at radius 3 is 2.16 bits per heavy atom. The lowest BCUT2D eigenvalue weighted by molar-refractivity contribution is -0.129. The lowest BCUT2D eigenvalue weighted by Gasteiger charge is -2.15. The van der Waals surface area contributed by atoms with Crippen LogP contribution in [0.25, 0.3) is 11.1 Å². The van der Waals surface area contributed by atoms with E-state index in [9.17, 15) is 9.59 Å². The van der Waals surface area contributed by atoms with E-state index >= 15 is 0 Å². The predicted molar refractivity (Wildman–Crippen MR) is 129 cm³/mol. The molecule has 3 aromatic carbocycles. The normalized spacial score (nSPS) is 15.9. The summed E-state index contributed by atoms with van der Waals surface area (Å²) in [5, 5.41) is 2.46. The number of carbonyl (C=O) groups is 2. The Kier molecular flexibility index (Phi) is 6.79. The maximum absolute atomic E-state index is 12.7. The highest BCUT2D eigenvalue weighted by atomic mass is 32.2. The third kappa shape index (κ3) is 5.40. The molecule has 0 radical (unpaired) electrons. The van der Waals surface area contributed by atoms with Crippen molar-refractivity contribution in [1.29, 1.82) is 0 Å². The Morgan fingerprint density at radius 1 is 0.871 bits per heavy atom. The molecule has 1 aliphatic heterocycles. The van der Waals surface area contributed by atoms with E-state index < -0.39 is 5.25 Å². The summed E-state index contributed by atoms with van der Waals surface area (Å²) in [6.07, 6.45) is 0.122. The standard InChI is InChI=1S/C25H22N2O2S2/c28-23(26-16-18-11-13-21(14-12-18)20-9-5-2-6-10-20)15-22-24(29)27(25(30)31-22)17-19-7-3-1-4-8-19/h1-14,22H,15-17H2,(H,26,28). The van der Waals surface area contributed by atoms with Gasteiger partial charge in [0.25, 0.3) is 0 Å². The van der Waals surface area contributed by atoms with Crippen LogP contribution in [0, 0.1) is 0 Å². The van der Waals surface area contributed by atoms with Gasteiger partial charge in [-0.1, -0.05) is 109 Å². The van der Waals surface area contributed by atoms with Crippen LogP contribution < -0.4 is 5.32 Å². The molecule has 1 unspecified atom stereocenters. The molecule has 3 aromatic rings. The first-order valence-electron chi connectivity index (χ1n) is 10.1. The number of carbonyl (C=O) groups excluding carboxylic acids is 2. The summed E-state index contributed by atoms with van der Waals surface area (Å²) in [4.78, 5) is 26.8. The van der Waals surface area contributed by atoms with E-state index in [1.54, 1.807) is 4.90 Å². The summed E-state index contributed by atoms with van der Waals surface area (Å²) in [5.41, 5.74) is 4.32. The molecule has 6 heteroatoms. The fourth-order valence-corrected chi connectivity index (χ4v) is 4.91. The first-order valence-corrected chi connectivity index (χ1v) is 11.4. The maximum atomic E-state index is 12.7. The van der Waals surface area contributed by atoms with Crippen molar-refractivity contribution in [1.82, 2.24) is 10.2 Å². The van der Waals surface area contributed by atoms with Crippen molar-refractivity contribution >= 4 is 40.1 Å². The SMILES string of the molecule is O=C(CC1SC(=S)N(Cc2ccccc2)C1=O)NCc1ccc(-c2ccccc2)cc1. The number of amides is 2. The number of nitrogens with one attached hydrogen (secondary N) is 1.